The predicted molar refractivity (Wildman–Crippen MR) is 107 cm³/mol. The van der Waals surface area contributed by atoms with Crippen molar-refractivity contribution in [2.24, 2.45) is 5.92 Å². The van der Waals surface area contributed by atoms with Gasteiger partial charge in [-0.3, -0.25) is 4.79 Å². The number of benzene rings is 1. The Morgan fingerprint density at radius 1 is 1.26 bits per heavy atom. The summed E-state index contributed by atoms with van der Waals surface area (Å²) >= 11 is 0. The van der Waals surface area contributed by atoms with Gasteiger partial charge >= 0.3 is 5.97 Å². The maximum atomic E-state index is 14.5. The second-order valence-electron chi connectivity index (χ2n) is 8.86. The van der Waals surface area contributed by atoms with Crippen LogP contribution in [0.2, 0.25) is 0 Å². The van der Waals surface area contributed by atoms with E-state index in [0.29, 0.717) is 38.3 Å². The number of nitrogens with zero attached hydrogens (tertiary/aromatic N) is 3. The number of amides is 1. The van der Waals surface area contributed by atoms with Crippen molar-refractivity contribution in [3.8, 4) is 5.69 Å². The van der Waals surface area contributed by atoms with E-state index in [2.05, 4.69) is 15.3 Å². The van der Waals surface area contributed by atoms with Gasteiger partial charge in [0.25, 0.3) is 5.91 Å². The number of hydrogen-bond acceptors (Lipinski definition) is 5. The van der Waals surface area contributed by atoms with E-state index in [4.69, 9.17) is 4.74 Å². The molecule has 9 heteroatoms. The maximum Gasteiger partial charge on any atom is 0.331 e. The summed E-state index contributed by atoms with van der Waals surface area (Å²) in [6.07, 6.45) is 2.53. The zero-order chi connectivity index (χ0) is 21.9. The molecule has 1 amide bonds. The molecule has 2 aliphatic carbocycles. The lowest BCUT2D eigenvalue weighted by Crippen LogP contribution is -2.60. The van der Waals surface area contributed by atoms with Crippen molar-refractivity contribution >= 4 is 11.9 Å². The number of rotatable bonds is 4. The van der Waals surface area contributed by atoms with Gasteiger partial charge in [0, 0.05) is 30.6 Å². The highest BCUT2D eigenvalue weighted by Crippen LogP contribution is 2.57. The number of fused-ring (bicyclic) bond motifs is 3. The Bertz CT molecular complexity index is 1070. The fourth-order valence-electron chi connectivity index (χ4n) is 4.99. The van der Waals surface area contributed by atoms with Gasteiger partial charge in [0.1, 0.15) is 17.0 Å². The molecule has 1 saturated heterocycles. The zero-order valence-corrected chi connectivity index (χ0v) is 17.5. The van der Waals surface area contributed by atoms with Crippen LogP contribution in [0.5, 0.6) is 0 Å². The Morgan fingerprint density at radius 3 is 2.68 bits per heavy atom. The maximum absolute atomic E-state index is 14.5. The van der Waals surface area contributed by atoms with Crippen LogP contribution in [0.15, 0.2) is 18.2 Å². The summed E-state index contributed by atoms with van der Waals surface area (Å²) in [6, 6.07) is 3.33. The molecule has 164 valence electrons. The standard InChI is InChI=1S/C22H24F2N4O3/c1-27-7-5-22(6-8-27,21(30)31-2)25-20(29)18-15-10-12-9-14(12)19(15)28(26-18)17-4-3-13(23)11-16(17)24/h3-4,11-12,14H,5-10H2,1-2H3,(H,25,29)/t12-,14-/m1/s1. The van der Waals surface area contributed by atoms with E-state index in [1.54, 1.807) is 0 Å². The van der Waals surface area contributed by atoms with Crippen LogP contribution in [0.25, 0.3) is 5.69 Å². The second kappa shape index (κ2) is 7.12. The van der Waals surface area contributed by atoms with Gasteiger partial charge in [0.2, 0.25) is 0 Å². The zero-order valence-electron chi connectivity index (χ0n) is 17.5. The van der Waals surface area contributed by atoms with Crippen molar-refractivity contribution in [2.45, 2.75) is 37.1 Å². The quantitative estimate of drug-likeness (QED) is 0.753. The fraction of sp³-hybridized carbons (Fsp3) is 0.500. The number of esters is 1. The number of aromatic nitrogens is 2. The summed E-state index contributed by atoms with van der Waals surface area (Å²) in [6.45, 7) is 1.29. The minimum absolute atomic E-state index is 0.117. The molecule has 1 aromatic carbocycles. The average Bonchev–Trinajstić information content (AvgIpc) is 3.25. The molecule has 2 aromatic rings. The monoisotopic (exact) mass is 430 g/mol. The number of ether oxygens (including phenoxy) is 1. The van der Waals surface area contributed by atoms with E-state index in [1.165, 1.54) is 23.9 Å². The third-order valence-electron chi connectivity index (χ3n) is 6.89. The van der Waals surface area contributed by atoms with Gasteiger partial charge in [0.15, 0.2) is 11.5 Å². The molecule has 2 fully saturated rings. The largest absolute Gasteiger partial charge is 0.467 e. The molecule has 1 N–H and O–H groups in total. The number of carbonyl (C=O) groups excluding carboxylic acids is 2. The van der Waals surface area contributed by atoms with Gasteiger partial charge in [-0.25, -0.2) is 18.3 Å². The lowest BCUT2D eigenvalue weighted by molar-refractivity contribution is -0.150. The molecule has 0 spiro atoms. The summed E-state index contributed by atoms with van der Waals surface area (Å²) in [4.78, 5) is 28.0. The van der Waals surface area contributed by atoms with Gasteiger partial charge in [0.05, 0.1) is 12.8 Å². The van der Waals surface area contributed by atoms with Gasteiger partial charge in [-0.1, -0.05) is 0 Å². The van der Waals surface area contributed by atoms with Crippen molar-refractivity contribution in [2.75, 3.05) is 27.2 Å². The van der Waals surface area contributed by atoms with Crippen molar-refractivity contribution in [1.82, 2.24) is 20.0 Å². The Balaban J connectivity index is 1.51. The highest BCUT2D eigenvalue weighted by molar-refractivity contribution is 5.98. The predicted octanol–water partition coefficient (Wildman–Crippen LogP) is 2.18. The first kappa shape index (κ1) is 20.1. The molecule has 5 rings (SSSR count). The number of carbonyl (C=O) groups is 2. The van der Waals surface area contributed by atoms with Gasteiger partial charge < -0.3 is 15.0 Å². The highest BCUT2D eigenvalue weighted by atomic mass is 19.1. The van der Waals surface area contributed by atoms with E-state index in [1.807, 2.05) is 7.05 Å². The molecule has 0 bridgehead atoms. The van der Waals surface area contributed by atoms with E-state index in [0.717, 1.165) is 23.7 Å². The summed E-state index contributed by atoms with van der Waals surface area (Å²) in [7, 11) is 3.27. The van der Waals surface area contributed by atoms with Crippen LogP contribution in [0.4, 0.5) is 8.78 Å². The van der Waals surface area contributed by atoms with Crippen molar-refractivity contribution in [3.05, 3.63) is 46.8 Å². The normalized spacial score (nSPS) is 23.7. The molecule has 1 aliphatic heterocycles. The molecule has 0 unspecified atom stereocenters. The number of methoxy groups -OCH3 is 1. The highest BCUT2D eigenvalue weighted by Gasteiger charge is 2.51. The van der Waals surface area contributed by atoms with Crippen molar-refractivity contribution in [1.29, 1.82) is 0 Å². The number of hydrogen-bond donors (Lipinski definition) is 1. The first-order chi connectivity index (χ1) is 14.8. The SMILES string of the molecule is COC(=O)C1(NC(=O)c2nn(-c3ccc(F)cc3F)c3c2C[C@H]2C[C@@H]32)CCN(C)CC1. The topological polar surface area (TPSA) is 76.5 Å². The van der Waals surface area contributed by atoms with Crippen LogP contribution >= 0.6 is 0 Å². The summed E-state index contributed by atoms with van der Waals surface area (Å²) in [5, 5.41) is 7.34. The molecule has 1 saturated carbocycles. The van der Waals surface area contributed by atoms with Gasteiger partial charge in [-0.15, -0.1) is 0 Å². The van der Waals surface area contributed by atoms with Crippen LogP contribution in [-0.4, -0.2) is 59.3 Å². The molecular formula is C22H24F2N4O3. The Labute approximate surface area is 178 Å². The van der Waals surface area contributed by atoms with E-state index < -0.39 is 29.0 Å². The molecule has 1 aromatic heterocycles. The van der Waals surface area contributed by atoms with Crippen molar-refractivity contribution < 1.29 is 23.1 Å². The molecule has 3 aliphatic rings. The van der Waals surface area contributed by atoms with Gasteiger partial charge in [-0.05, 0) is 50.8 Å². The fourth-order valence-corrected chi connectivity index (χ4v) is 4.99. The lowest BCUT2D eigenvalue weighted by Gasteiger charge is -2.38. The molecular weight excluding hydrogens is 406 g/mol. The van der Waals surface area contributed by atoms with Crippen LogP contribution in [0.3, 0.4) is 0 Å². The average molecular weight is 430 g/mol. The number of likely N-dealkylation sites (tertiary alicyclic amines) is 1. The number of piperidine rings is 1. The summed E-state index contributed by atoms with van der Waals surface area (Å²) < 4.78 is 34.4. The van der Waals surface area contributed by atoms with Gasteiger partial charge in [-0.2, -0.15) is 5.10 Å². The van der Waals surface area contributed by atoms with Crippen LogP contribution < -0.4 is 5.32 Å². The summed E-state index contributed by atoms with van der Waals surface area (Å²) in [5.74, 6) is -1.69. The first-order valence-corrected chi connectivity index (χ1v) is 10.5. The van der Waals surface area contributed by atoms with E-state index >= 15 is 0 Å². The number of halogens is 2. The Morgan fingerprint density at radius 2 is 2.00 bits per heavy atom. The summed E-state index contributed by atoms with van der Waals surface area (Å²) in [5.41, 5.74) is 0.809. The van der Waals surface area contributed by atoms with Crippen LogP contribution in [0.1, 0.15) is 46.9 Å². The first-order valence-electron chi connectivity index (χ1n) is 10.5. The third-order valence-corrected chi connectivity index (χ3v) is 6.89. The Kier molecular flexibility index (Phi) is 4.62. The lowest BCUT2D eigenvalue weighted by atomic mass is 9.87. The minimum Gasteiger partial charge on any atom is -0.467 e. The number of nitrogens with one attached hydrogen (secondary N) is 1. The molecule has 0 radical (unpaired) electrons. The third kappa shape index (κ3) is 3.22. The Hall–Kier alpha value is -2.81. The van der Waals surface area contributed by atoms with E-state index in [9.17, 15) is 18.4 Å². The smallest absolute Gasteiger partial charge is 0.331 e. The van der Waals surface area contributed by atoms with E-state index in [-0.39, 0.29) is 17.3 Å². The molecule has 2 heterocycles. The second-order valence-corrected chi connectivity index (χ2v) is 8.86. The van der Waals surface area contributed by atoms with Crippen molar-refractivity contribution in [3.63, 3.8) is 0 Å². The molecule has 7 nitrogen and oxygen atoms in total. The molecule has 2 atom stereocenters. The van der Waals surface area contributed by atoms with Crippen LogP contribution in [-0.2, 0) is 16.0 Å². The molecule has 31 heavy (non-hydrogen) atoms. The minimum atomic E-state index is -1.11. The van der Waals surface area contributed by atoms with Crippen LogP contribution in [0, 0.1) is 17.6 Å².